The summed E-state index contributed by atoms with van der Waals surface area (Å²) >= 11 is 0. The van der Waals surface area contributed by atoms with Gasteiger partial charge in [-0.2, -0.15) is 0 Å². The fraction of sp³-hybridized carbons (Fsp3) is 0.933. The Labute approximate surface area is 122 Å². The van der Waals surface area contributed by atoms with Gasteiger partial charge < -0.3 is 20.3 Å². The lowest BCUT2D eigenvalue weighted by Gasteiger charge is -2.48. The predicted molar refractivity (Wildman–Crippen MR) is 79.7 cm³/mol. The fourth-order valence-electron chi connectivity index (χ4n) is 3.42. The summed E-state index contributed by atoms with van der Waals surface area (Å²) < 4.78 is 5.33. The minimum Gasteiger partial charge on any atom is -0.384 e. The van der Waals surface area contributed by atoms with Crippen LogP contribution in [0.2, 0.25) is 0 Å². The number of nitrogens with one attached hydrogen (secondary N) is 2. The molecule has 1 saturated heterocycles. The quantitative estimate of drug-likeness (QED) is 0.750. The molecule has 1 saturated carbocycles. The van der Waals surface area contributed by atoms with Crippen LogP contribution in [0.4, 0.5) is 0 Å². The number of ether oxygens (including phenoxy) is 1. The smallest absolute Gasteiger partial charge is 0.228 e. The third-order valence-corrected chi connectivity index (χ3v) is 5.27. The molecule has 116 valence electrons. The average molecular weight is 283 g/mol. The largest absolute Gasteiger partial charge is 0.384 e. The number of likely N-dealkylation sites (N-methyl/N-ethyl adjacent to an activating group) is 1. The number of piperidine rings is 1. The van der Waals surface area contributed by atoms with Gasteiger partial charge in [0.25, 0.3) is 0 Å². The summed E-state index contributed by atoms with van der Waals surface area (Å²) in [7, 11) is 5.91. The molecule has 0 spiro atoms. The Hall–Kier alpha value is -0.650. The zero-order chi connectivity index (χ0) is 14.6. The second-order valence-corrected chi connectivity index (χ2v) is 6.62. The highest BCUT2D eigenvalue weighted by Gasteiger charge is 2.43. The van der Waals surface area contributed by atoms with Crippen LogP contribution in [0, 0.1) is 5.41 Å². The minimum absolute atomic E-state index is 0.175. The average Bonchev–Trinajstić information content (AvgIpc) is 2.38. The first-order chi connectivity index (χ1) is 9.55. The Morgan fingerprint density at radius 2 is 1.90 bits per heavy atom. The van der Waals surface area contributed by atoms with Gasteiger partial charge in [-0.3, -0.25) is 4.79 Å². The molecule has 0 aromatic rings. The second kappa shape index (κ2) is 6.41. The monoisotopic (exact) mass is 283 g/mol. The normalized spacial score (nSPS) is 24.2. The number of hydrogen-bond acceptors (Lipinski definition) is 4. The molecule has 2 aliphatic rings. The fourth-order valence-corrected chi connectivity index (χ4v) is 3.42. The maximum Gasteiger partial charge on any atom is 0.228 e. The van der Waals surface area contributed by atoms with Crippen LogP contribution in [0.15, 0.2) is 0 Å². The predicted octanol–water partition coefficient (Wildman–Crippen LogP) is 0.603. The van der Waals surface area contributed by atoms with E-state index in [-0.39, 0.29) is 16.9 Å². The lowest BCUT2D eigenvalue weighted by Crippen LogP contribution is -2.59. The maximum absolute atomic E-state index is 12.7. The number of methoxy groups -OCH3 is 1. The van der Waals surface area contributed by atoms with Gasteiger partial charge in [0.15, 0.2) is 0 Å². The Morgan fingerprint density at radius 1 is 1.25 bits per heavy atom. The molecule has 0 aromatic carbocycles. The van der Waals surface area contributed by atoms with Crippen molar-refractivity contribution in [1.29, 1.82) is 0 Å². The molecular formula is C15H29N3O2. The molecule has 1 heterocycles. The van der Waals surface area contributed by atoms with Crippen molar-refractivity contribution in [2.24, 2.45) is 5.41 Å². The Kier molecular flexibility index (Phi) is 5.04. The Balaban J connectivity index is 1.95. The highest BCUT2D eigenvalue weighted by Crippen LogP contribution is 2.36. The van der Waals surface area contributed by atoms with Crippen molar-refractivity contribution < 1.29 is 9.53 Å². The van der Waals surface area contributed by atoms with E-state index in [1.807, 2.05) is 0 Å². The molecule has 2 rings (SSSR count). The zero-order valence-electron chi connectivity index (χ0n) is 13.1. The summed E-state index contributed by atoms with van der Waals surface area (Å²) in [5, 5.41) is 6.54. The Bertz CT molecular complexity index is 329. The van der Waals surface area contributed by atoms with E-state index in [1.165, 1.54) is 19.3 Å². The Morgan fingerprint density at radius 3 is 2.35 bits per heavy atom. The number of amides is 1. The number of rotatable bonds is 6. The summed E-state index contributed by atoms with van der Waals surface area (Å²) in [6.45, 7) is 3.08. The SMILES string of the molecule is COCC1(C(=O)NCC2(N(C)C)CCC2)CCNCC1. The van der Waals surface area contributed by atoms with Gasteiger partial charge in [0, 0.05) is 19.2 Å². The van der Waals surface area contributed by atoms with Gasteiger partial charge in [0.2, 0.25) is 5.91 Å². The third kappa shape index (κ3) is 3.00. The van der Waals surface area contributed by atoms with E-state index in [0.717, 1.165) is 32.5 Å². The molecular weight excluding hydrogens is 254 g/mol. The molecule has 1 aliphatic heterocycles. The van der Waals surface area contributed by atoms with E-state index >= 15 is 0 Å². The van der Waals surface area contributed by atoms with Crippen molar-refractivity contribution in [3.63, 3.8) is 0 Å². The van der Waals surface area contributed by atoms with Gasteiger partial charge in [-0.25, -0.2) is 0 Å². The van der Waals surface area contributed by atoms with E-state index < -0.39 is 0 Å². The van der Waals surface area contributed by atoms with E-state index in [2.05, 4.69) is 29.6 Å². The van der Waals surface area contributed by atoms with Crippen molar-refractivity contribution in [2.75, 3.05) is 47.4 Å². The second-order valence-electron chi connectivity index (χ2n) is 6.62. The van der Waals surface area contributed by atoms with Crippen LogP contribution in [-0.2, 0) is 9.53 Å². The number of hydrogen-bond donors (Lipinski definition) is 2. The highest BCUT2D eigenvalue weighted by atomic mass is 16.5. The summed E-state index contributed by atoms with van der Waals surface area (Å²) in [5.41, 5.74) is -0.159. The summed E-state index contributed by atoms with van der Waals surface area (Å²) in [4.78, 5) is 14.9. The first-order valence-electron chi connectivity index (χ1n) is 7.70. The van der Waals surface area contributed by atoms with E-state index in [0.29, 0.717) is 6.61 Å². The van der Waals surface area contributed by atoms with Gasteiger partial charge in [-0.15, -0.1) is 0 Å². The van der Waals surface area contributed by atoms with Gasteiger partial charge >= 0.3 is 0 Å². The van der Waals surface area contributed by atoms with E-state index in [4.69, 9.17) is 4.74 Å². The standard InChI is InChI=1S/C15H29N3O2/c1-18(2)15(5-4-6-15)11-17-13(19)14(12-20-3)7-9-16-10-8-14/h16H,4-12H2,1-3H3,(H,17,19). The van der Waals surface area contributed by atoms with Gasteiger partial charge in [-0.1, -0.05) is 0 Å². The molecule has 20 heavy (non-hydrogen) atoms. The van der Waals surface area contributed by atoms with Crippen molar-refractivity contribution in [2.45, 2.75) is 37.6 Å². The van der Waals surface area contributed by atoms with Crippen molar-refractivity contribution in [1.82, 2.24) is 15.5 Å². The molecule has 0 unspecified atom stereocenters. The molecule has 0 bridgehead atoms. The summed E-state index contributed by atoms with van der Waals surface area (Å²) in [6.07, 6.45) is 5.35. The highest BCUT2D eigenvalue weighted by molar-refractivity contribution is 5.83. The van der Waals surface area contributed by atoms with E-state index in [1.54, 1.807) is 7.11 Å². The molecule has 0 radical (unpaired) electrons. The van der Waals surface area contributed by atoms with Gasteiger partial charge in [0.1, 0.15) is 0 Å². The van der Waals surface area contributed by atoms with Crippen molar-refractivity contribution in [3.8, 4) is 0 Å². The van der Waals surface area contributed by atoms with Crippen LogP contribution in [0.5, 0.6) is 0 Å². The van der Waals surface area contributed by atoms with Crippen LogP contribution in [0.1, 0.15) is 32.1 Å². The van der Waals surface area contributed by atoms with Crippen LogP contribution in [-0.4, -0.2) is 63.8 Å². The number of nitrogens with zero attached hydrogens (tertiary/aromatic N) is 1. The third-order valence-electron chi connectivity index (χ3n) is 5.27. The lowest BCUT2D eigenvalue weighted by atomic mass is 9.74. The molecule has 2 N–H and O–H groups in total. The number of carbonyl (C=O) groups is 1. The minimum atomic E-state index is -0.336. The van der Waals surface area contributed by atoms with Gasteiger partial charge in [0.05, 0.1) is 12.0 Å². The maximum atomic E-state index is 12.7. The zero-order valence-corrected chi connectivity index (χ0v) is 13.1. The van der Waals surface area contributed by atoms with Crippen molar-refractivity contribution >= 4 is 5.91 Å². The summed E-state index contributed by atoms with van der Waals surface area (Å²) in [5.74, 6) is 0.175. The molecule has 5 nitrogen and oxygen atoms in total. The van der Waals surface area contributed by atoms with Crippen LogP contribution >= 0.6 is 0 Å². The van der Waals surface area contributed by atoms with Crippen molar-refractivity contribution in [3.05, 3.63) is 0 Å². The first kappa shape index (κ1) is 15.7. The van der Waals surface area contributed by atoms with Crippen LogP contribution in [0.3, 0.4) is 0 Å². The molecule has 1 amide bonds. The molecule has 5 heteroatoms. The molecule has 1 aliphatic carbocycles. The topological polar surface area (TPSA) is 53.6 Å². The number of carbonyl (C=O) groups excluding carboxylic acids is 1. The van der Waals surface area contributed by atoms with Gasteiger partial charge in [-0.05, 0) is 59.3 Å². The molecule has 0 atom stereocenters. The van der Waals surface area contributed by atoms with Crippen LogP contribution < -0.4 is 10.6 Å². The lowest BCUT2D eigenvalue weighted by molar-refractivity contribution is -0.137. The van der Waals surface area contributed by atoms with E-state index in [9.17, 15) is 4.79 Å². The molecule has 0 aromatic heterocycles. The summed E-state index contributed by atoms with van der Waals surface area (Å²) in [6, 6.07) is 0. The molecule has 2 fully saturated rings. The first-order valence-corrected chi connectivity index (χ1v) is 7.70. The van der Waals surface area contributed by atoms with Crippen LogP contribution in [0.25, 0.3) is 0 Å².